The van der Waals surface area contributed by atoms with E-state index >= 15 is 0 Å². The van der Waals surface area contributed by atoms with Crippen LogP contribution in [-0.2, 0) is 9.47 Å². The first-order valence-corrected chi connectivity index (χ1v) is 17.5. The van der Waals surface area contributed by atoms with Gasteiger partial charge in [0.05, 0.1) is 27.2 Å². The van der Waals surface area contributed by atoms with Crippen molar-refractivity contribution in [2.75, 3.05) is 53.6 Å². The number of rotatable bonds is 32. The van der Waals surface area contributed by atoms with E-state index in [0.717, 1.165) is 50.0 Å². The fraction of sp³-hybridized carbons (Fsp3) is 0.889. The van der Waals surface area contributed by atoms with Gasteiger partial charge in [-0.2, -0.15) is 0 Å². The highest BCUT2D eigenvalue weighted by molar-refractivity contribution is 4.81. The zero-order valence-corrected chi connectivity index (χ0v) is 27.7. The number of ether oxygens (including phenoxy) is 2. The summed E-state index contributed by atoms with van der Waals surface area (Å²) in [5.74, 6) is 0. The Balaban J connectivity index is 3.96. The first-order chi connectivity index (χ1) is 19.6. The van der Waals surface area contributed by atoms with Gasteiger partial charge in [0.15, 0.2) is 0 Å². The van der Waals surface area contributed by atoms with Crippen molar-refractivity contribution in [1.29, 1.82) is 0 Å². The van der Waals surface area contributed by atoms with Gasteiger partial charge < -0.3 is 19.7 Å². The van der Waals surface area contributed by atoms with E-state index in [1.54, 1.807) is 0 Å². The van der Waals surface area contributed by atoms with Crippen LogP contribution in [0.15, 0.2) is 24.3 Å². The van der Waals surface area contributed by atoms with E-state index in [0.29, 0.717) is 13.2 Å². The molecule has 0 saturated carbocycles. The van der Waals surface area contributed by atoms with Gasteiger partial charge in [-0.15, -0.1) is 6.54 Å². The summed E-state index contributed by atoms with van der Waals surface area (Å²) in [6.07, 6.45) is 36.4. The van der Waals surface area contributed by atoms with Crippen LogP contribution in [0.5, 0.6) is 0 Å². The van der Waals surface area contributed by atoms with E-state index in [-0.39, 0.29) is 6.10 Å². The Labute approximate surface area is 252 Å². The van der Waals surface area contributed by atoms with E-state index in [4.69, 9.17) is 15.2 Å². The second-order valence-corrected chi connectivity index (χ2v) is 12.6. The number of likely N-dealkylation sites (N-methyl/N-ethyl adjacent to an activating group) is 1. The SMILES string of the molecule is CCCC/C=C/CCCCCCCCOCC(C[N+](C)(C)CCC[NH-])OCCCCCCCC/C=C/CCCC. The van der Waals surface area contributed by atoms with Gasteiger partial charge in [-0.05, 0) is 57.8 Å². The summed E-state index contributed by atoms with van der Waals surface area (Å²) < 4.78 is 13.4. The number of unbranched alkanes of at least 4 members (excludes halogenated alkanes) is 16. The maximum absolute atomic E-state index is 7.52. The van der Waals surface area contributed by atoms with E-state index in [1.807, 2.05) is 0 Å². The van der Waals surface area contributed by atoms with Crippen LogP contribution in [0.3, 0.4) is 0 Å². The molecule has 0 aliphatic carbocycles. The van der Waals surface area contributed by atoms with Crippen LogP contribution in [0.1, 0.15) is 149 Å². The lowest BCUT2D eigenvalue weighted by atomic mass is 10.1. The molecule has 0 fully saturated rings. The predicted octanol–water partition coefficient (Wildman–Crippen LogP) is 10.9. The van der Waals surface area contributed by atoms with Crippen LogP contribution in [0.4, 0.5) is 0 Å². The monoisotopic (exact) mass is 565 g/mol. The Bertz CT molecular complexity index is 547. The highest BCUT2D eigenvalue weighted by Gasteiger charge is 2.22. The lowest BCUT2D eigenvalue weighted by molar-refractivity contribution is -0.893. The van der Waals surface area contributed by atoms with Crippen LogP contribution in [-0.4, -0.2) is 64.1 Å². The Morgan fingerprint density at radius 1 is 0.575 bits per heavy atom. The Morgan fingerprint density at radius 3 is 1.52 bits per heavy atom. The third-order valence-corrected chi connectivity index (χ3v) is 7.75. The fourth-order valence-electron chi connectivity index (χ4n) is 5.13. The van der Waals surface area contributed by atoms with E-state index < -0.39 is 0 Å². The molecule has 1 N–H and O–H groups in total. The molecule has 238 valence electrons. The summed E-state index contributed by atoms with van der Waals surface area (Å²) >= 11 is 0. The Hall–Kier alpha value is -0.680. The quantitative estimate of drug-likeness (QED) is 0.0463. The van der Waals surface area contributed by atoms with Crippen LogP contribution in [0, 0.1) is 0 Å². The summed E-state index contributed by atoms with van der Waals surface area (Å²) in [7, 11) is 4.54. The second kappa shape index (κ2) is 31.3. The van der Waals surface area contributed by atoms with Crippen molar-refractivity contribution in [3.05, 3.63) is 30.0 Å². The van der Waals surface area contributed by atoms with Crippen molar-refractivity contribution in [2.45, 2.75) is 155 Å². The smallest absolute Gasteiger partial charge is 0.130 e. The molecule has 0 aromatic rings. The van der Waals surface area contributed by atoms with E-state index in [2.05, 4.69) is 52.2 Å². The number of nitrogens with zero attached hydrogens (tertiary/aromatic N) is 1. The molecule has 40 heavy (non-hydrogen) atoms. The zero-order valence-electron chi connectivity index (χ0n) is 27.7. The maximum atomic E-state index is 7.52. The van der Waals surface area contributed by atoms with Crippen molar-refractivity contribution in [2.24, 2.45) is 0 Å². The van der Waals surface area contributed by atoms with E-state index in [1.165, 1.54) is 116 Å². The third kappa shape index (κ3) is 30.3. The van der Waals surface area contributed by atoms with Crippen molar-refractivity contribution in [1.82, 2.24) is 0 Å². The minimum Gasteiger partial charge on any atom is -0.677 e. The molecule has 0 aromatic heterocycles. The number of allylic oxidation sites excluding steroid dienone is 4. The van der Waals surface area contributed by atoms with Gasteiger partial charge in [0, 0.05) is 13.2 Å². The standard InChI is InChI=1S/C36H72N2O2/c1-5-7-9-11-13-15-17-19-21-23-25-27-32-39-35-36(34-38(3,4)31-29-30-37)40-33-28-26-24-22-20-18-16-14-12-10-8-6-2/h11-14,36-37H,5-10,15-35H2,1-4H3/b13-11+,14-12+. The van der Waals surface area contributed by atoms with Crippen molar-refractivity contribution in [3.63, 3.8) is 0 Å². The fourth-order valence-corrected chi connectivity index (χ4v) is 5.13. The number of nitrogens with one attached hydrogen (secondary N) is 1. The maximum Gasteiger partial charge on any atom is 0.130 e. The molecule has 0 heterocycles. The molecule has 1 unspecified atom stereocenters. The number of hydrogen-bond acceptors (Lipinski definition) is 2. The Kier molecular flexibility index (Phi) is 30.7. The predicted molar refractivity (Wildman–Crippen MR) is 178 cm³/mol. The Morgan fingerprint density at radius 2 is 1.02 bits per heavy atom. The molecule has 0 saturated heterocycles. The molecule has 0 bridgehead atoms. The van der Waals surface area contributed by atoms with E-state index in [9.17, 15) is 0 Å². The first-order valence-electron chi connectivity index (χ1n) is 17.5. The molecular formula is C36H72N2O2. The molecule has 4 heteroatoms. The molecule has 0 radical (unpaired) electrons. The summed E-state index contributed by atoms with van der Waals surface area (Å²) in [5.41, 5.74) is 7.52. The molecule has 0 aliphatic rings. The number of hydrogen-bond donors (Lipinski definition) is 0. The van der Waals surface area contributed by atoms with Crippen molar-refractivity contribution < 1.29 is 14.0 Å². The van der Waals surface area contributed by atoms with Crippen molar-refractivity contribution >= 4 is 0 Å². The van der Waals surface area contributed by atoms with Gasteiger partial charge in [-0.3, -0.25) is 0 Å². The van der Waals surface area contributed by atoms with Gasteiger partial charge in [-0.1, -0.05) is 115 Å². The lowest BCUT2D eigenvalue weighted by Gasteiger charge is -2.34. The van der Waals surface area contributed by atoms with Crippen LogP contribution < -0.4 is 0 Å². The first kappa shape index (κ1) is 39.3. The van der Waals surface area contributed by atoms with Gasteiger partial charge in [0.1, 0.15) is 12.6 Å². The molecule has 4 nitrogen and oxygen atoms in total. The van der Waals surface area contributed by atoms with Crippen LogP contribution in [0.2, 0.25) is 0 Å². The minimum absolute atomic E-state index is 0.158. The molecule has 0 amide bonds. The van der Waals surface area contributed by atoms with Crippen molar-refractivity contribution in [3.8, 4) is 0 Å². The normalized spacial score (nSPS) is 13.2. The molecule has 0 spiro atoms. The van der Waals surface area contributed by atoms with Crippen LogP contribution >= 0.6 is 0 Å². The minimum atomic E-state index is 0.158. The number of quaternary nitrogens is 1. The molecule has 0 aliphatic heterocycles. The second-order valence-electron chi connectivity index (χ2n) is 12.6. The molecule has 0 aromatic carbocycles. The summed E-state index contributed by atoms with van der Waals surface area (Å²) in [6.45, 7) is 9.44. The highest BCUT2D eigenvalue weighted by Crippen LogP contribution is 2.12. The zero-order chi connectivity index (χ0) is 29.4. The lowest BCUT2D eigenvalue weighted by Crippen LogP contribution is -2.48. The van der Waals surface area contributed by atoms with Gasteiger partial charge in [-0.25, -0.2) is 0 Å². The van der Waals surface area contributed by atoms with Gasteiger partial charge in [0.2, 0.25) is 0 Å². The molecule has 0 rings (SSSR count). The highest BCUT2D eigenvalue weighted by atomic mass is 16.5. The topological polar surface area (TPSA) is 42.3 Å². The van der Waals surface area contributed by atoms with Crippen LogP contribution in [0.25, 0.3) is 5.73 Å². The largest absolute Gasteiger partial charge is 0.677 e. The summed E-state index contributed by atoms with van der Waals surface area (Å²) in [4.78, 5) is 0. The van der Waals surface area contributed by atoms with Gasteiger partial charge in [0.25, 0.3) is 0 Å². The molecular weight excluding hydrogens is 492 g/mol. The average Bonchev–Trinajstić information content (AvgIpc) is 2.94. The van der Waals surface area contributed by atoms with Gasteiger partial charge >= 0.3 is 0 Å². The molecule has 1 atom stereocenters. The summed E-state index contributed by atoms with van der Waals surface area (Å²) in [6, 6.07) is 0. The summed E-state index contributed by atoms with van der Waals surface area (Å²) in [5, 5.41) is 0. The third-order valence-electron chi connectivity index (χ3n) is 7.75. The average molecular weight is 565 g/mol.